The molecule has 3 rings (SSSR count). The lowest BCUT2D eigenvalue weighted by atomic mass is 10.1. The maximum absolute atomic E-state index is 13.1. The molecule has 9 heteroatoms. The number of alkyl halides is 3. The van der Waals surface area contributed by atoms with E-state index in [2.05, 4.69) is 10.4 Å². The van der Waals surface area contributed by atoms with Gasteiger partial charge in [-0.1, -0.05) is 0 Å². The zero-order chi connectivity index (χ0) is 17.9. The van der Waals surface area contributed by atoms with Gasteiger partial charge in [-0.15, -0.1) is 0 Å². The standard InChI is InChI=1S/C16H16F3N3O3/c17-16(18,19)15-12-10-24-9-5-13(12)22(21-15)7-6-20-14(23)4-3-11-2-1-8-25-11/h1-4,8H,5-7,9-10H2,(H,20,23)/b4-3+. The molecule has 0 radical (unpaired) electrons. The molecule has 0 bridgehead atoms. The monoisotopic (exact) mass is 355 g/mol. The van der Waals surface area contributed by atoms with Crippen LogP contribution in [0.3, 0.4) is 0 Å². The number of rotatable bonds is 5. The van der Waals surface area contributed by atoms with Crippen molar-refractivity contribution in [2.24, 2.45) is 0 Å². The van der Waals surface area contributed by atoms with Crippen LogP contribution >= 0.6 is 0 Å². The Kier molecular flexibility index (Phi) is 4.93. The van der Waals surface area contributed by atoms with Crippen LogP contribution in [0, 0.1) is 0 Å². The second-order valence-corrected chi connectivity index (χ2v) is 5.44. The van der Waals surface area contributed by atoms with Gasteiger partial charge < -0.3 is 14.5 Å². The highest BCUT2D eigenvalue weighted by Crippen LogP contribution is 2.34. The van der Waals surface area contributed by atoms with Crippen LogP contribution in [0.1, 0.15) is 22.7 Å². The first kappa shape index (κ1) is 17.3. The highest BCUT2D eigenvalue weighted by Gasteiger charge is 2.39. The molecule has 0 fully saturated rings. The van der Waals surface area contributed by atoms with Crippen molar-refractivity contribution >= 4 is 12.0 Å². The van der Waals surface area contributed by atoms with Gasteiger partial charge in [0.05, 0.1) is 26.0 Å². The van der Waals surface area contributed by atoms with E-state index in [-0.39, 0.29) is 31.2 Å². The minimum atomic E-state index is -4.52. The van der Waals surface area contributed by atoms with Gasteiger partial charge >= 0.3 is 6.18 Å². The molecule has 6 nitrogen and oxygen atoms in total. The molecule has 3 heterocycles. The third-order valence-electron chi connectivity index (χ3n) is 3.73. The molecule has 0 aromatic carbocycles. The minimum Gasteiger partial charge on any atom is -0.465 e. The Morgan fingerprint density at radius 3 is 3.00 bits per heavy atom. The van der Waals surface area contributed by atoms with Crippen LogP contribution in [-0.2, 0) is 35.3 Å². The number of amides is 1. The first-order chi connectivity index (χ1) is 11.9. The summed E-state index contributed by atoms with van der Waals surface area (Å²) in [7, 11) is 0. The molecule has 1 aliphatic heterocycles. The lowest BCUT2D eigenvalue weighted by Crippen LogP contribution is -2.27. The van der Waals surface area contributed by atoms with Crippen LogP contribution in [0.4, 0.5) is 13.2 Å². The van der Waals surface area contributed by atoms with E-state index < -0.39 is 11.9 Å². The third kappa shape index (κ3) is 4.11. The summed E-state index contributed by atoms with van der Waals surface area (Å²) in [6.45, 7) is 0.572. The average Bonchev–Trinajstić information content (AvgIpc) is 3.20. The first-order valence-electron chi connectivity index (χ1n) is 7.68. The summed E-state index contributed by atoms with van der Waals surface area (Å²) in [5, 5.41) is 6.28. The van der Waals surface area contributed by atoms with E-state index in [0.717, 1.165) is 0 Å². The van der Waals surface area contributed by atoms with Crippen molar-refractivity contribution in [3.05, 3.63) is 47.2 Å². The minimum absolute atomic E-state index is 0.0859. The number of nitrogens with zero attached hydrogens (tertiary/aromatic N) is 2. The summed E-state index contributed by atoms with van der Waals surface area (Å²) in [6, 6.07) is 3.39. The van der Waals surface area contributed by atoms with E-state index in [0.29, 0.717) is 24.5 Å². The molecule has 25 heavy (non-hydrogen) atoms. The van der Waals surface area contributed by atoms with Crippen LogP contribution in [-0.4, -0.2) is 28.8 Å². The number of ether oxygens (including phenoxy) is 1. The van der Waals surface area contributed by atoms with Crippen LogP contribution in [0.5, 0.6) is 0 Å². The first-order valence-corrected chi connectivity index (χ1v) is 7.68. The fourth-order valence-corrected chi connectivity index (χ4v) is 2.61. The Morgan fingerprint density at radius 1 is 1.44 bits per heavy atom. The molecule has 0 spiro atoms. The molecule has 1 amide bonds. The second kappa shape index (κ2) is 7.14. The van der Waals surface area contributed by atoms with E-state index in [4.69, 9.17) is 9.15 Å². The summed E-state index contributed by atoms with van der Waals surface area (Å²) < 4.78 is 50.6. The van der Waals surface area contributed by atoms with E-state index in [1.54, 1.807) is 12.1 Å². The molecule has 1 aliphatic rings. The van der Waals surface area contributed by atoms with Gasteiger partial charge in [0.2, 0.25) is 5.91 Å². The van der Waals surface area contributed by atoms with Gasteiger partial charge in [0, 0.05) is 30.3 Å². The number of fused-ring (bicyclic) bond motifs is 1. The normalized spacial score (nSPS) is 14.7. The van der Waals surface area contributed by atoms with Gasteiger partial charge in [-0.3, -0.25) is 9.48 Å². The fraction of sp³-hybridized carbons (Fsp3) is 0.375. The lowest BCUT2D eigenvalue weighted by molar-refractivity contribution is -0.142. The zero-order valence-electron chi connectivity index (χ0n) is 13.2. The topological polar surface area (TPSA) is 69.3 Å². The van der Waals surface area contributed by atoms with Crippen molar-refractivity contribution in [3.63, 3.8) is 0 Å². The van der Waals surface area contributed by atoms with Crippen molar-refractivity contribution < 1.29 is 27.1 Å². The van der Waals surface area contributed by atoms with Gasteiger partial charge in [0.1, 0.15) is 5.76 Å². The predicted octanol–water partition coefficient (Wildman–Crippen LogP) is 2.40. The number of hydrogen-bond acceptors (Lipinski definition) is 4. The van der Waals surface area contributed by atoms with Gasteiger partial charge in [0.15, 0.2) is 5.69 Å². The SMILES string of the molecule is O=C(/C=C/c1ccco1)NCCn1nc(C(F)(F)F)c2c1CCOC2. The van der Waals surface area contributed by atoms with Crippen LogP contribution in [0.25, 0.3) is 6.08 Å². The predicted molar refractivity (Wildman–Crippen MR) is 81.3 cm³/mol. The molecule has 2 aromatic rings. The number of carbonyl (C=O) groups is 1. The van der Waals surface area contributed by atoms with E-state index in [1.165, 1.54) is 23.1 Å². The highest BCUT2D eigenvalue weighted by molar-refractivity contribution is 5.91. The van der Waals surface area contributed by atoms with Crippen molar-refractivity contribution in [2.75, 3.05) is 13.2 Å². The maximum atomic E-state index is 13.1. The Hall–Kier alpha value is -2.55. The van der Waals surface area contributed by atoms with Crippen molar-refractivity contribution in [1.29, 1.82) is 0 Å². The van der Waals surface area contributed by atoms with Crippen molar-refractivity contribution in [1.82, 2.24) is 15.1 Å². The van der Waals surface area contributed by atoms with Crippen LogP contribution in [0.2, 0.25) is 0 Å². The number of aromatic nitrogens is 2. The Bertz CT molecular complexity index is 764. The Labute approximate surface area is 141 Å². The summed E-state index contributed by atoms with van der Waals surface area (Å²) in [5.74, 6) is 0.169. The molecular formula is C16H16F3N3O3. The molecule has 0 saturated carbocycles. The lowest BCUT2D eigenvalue weighted by Gasteiger charge is -2.15. The van der Waals surface area contributed by atoms with Crippen LogP contribution in [0.15, 0.2) is 28.9 Å². The summed E-state index contributed by atoms with van der Waals surface area (Å²) in [6.07, 6.45) is 0.132. The summed E-state index contributed by atoms with van der Waals surface area (Å²) in [4.78, 5) is 11.7. The molecular weight excluding hydrogens is 339 g/mol. The molecule has 0 unspecified atom stereocenters. The van der Waals surface area contributed by atoms with Crippen molar-refractivity contribution in [2.45, 2.75) is 25.7 Å². The number of hydrogen-bond donors (Lipinski definition) is 1. The van der Waals surface area contributed by atoms with E-state index >= 15 is 0 Å². The summed E-state index contributed by atoms with van der Waals surface area (Å²) in [5.41, 5.74) is -0.312. The number of furan rings is 1. The fourth-order valence-electron chi connectivity index (χ4n) is 2.61. The van der Waals surface area contributed by atoms with Gasteiger partial charge in [-0.2, -0.15) is 18.3 Å². The molecule has 134 valence electrons. The zero-order valence-corrected chi connectivity index (χ0v) is 13.2. The van der Waals surface area contributed by atoms with E-state index in [9.17, 15) is 18.0 Å². The molecule has 0 aliphatic carbocycles. The quantitative estimate of drug-likeness (QED) is 0.837. The van der Waals surface area contributed by atoms with Crippen molar-refractivity contribution in [3.8, 4) is 0 Å². The van der Waals surface area contributed by atoms with Crippen LogP contribution < -0.4 is 5.32 Å². The number of nitrogens with one attached hydrogen (secondary N) is 1. The van der Waals surface area contributed by atoms with Gasteiger partial charge in [-0.25, -0.2) is 0 Å². The smallest absolute Gasteiger partial charge is 0.435 e. The Balaban J connectivity index is 1.61. The average molecular weight is 355 g/mol. The molecule has 0 atom stereocenters. The van der Waals surface area contributed by atoms with Gasteiger partial charge in [-0.05, 0) is 18.2 Å². The van der Waals surface area contributed by atoms with E-state index in [1.807, 2.05) is 0 Å². The largest absolute Gasteiger partial charge is 0.465 e. The third-order valence-corrected chi connectivity index (χ3v) is 3.73. The molecule has 1 N–H and O–H groups in total. The number of carbonyl (C=O) groups excluding carboxylic acids is 1. The van der Waals surface area contributed by atoms with Gasteiger partial charge in [0.25, 0.3) is 0 Å². The molecule has 0 saturated heterocycles. The highest BCUT2D eigenvalue weighted by atomic mass is 19.4. The summed E-state index contributed by atoms with van der Waals surface area (Å²) >= 11 is 0. The second-order valence-electron chi connectivity index (χ2n) is 5.44. The Morgan fingerprint density at radius 2 is 2.28 bits per heavy atom. The molecule has 2 aromatic heterocycles. The maximum Gasteiger partial charge on any atom is 0.435 e. The number of halogens is 3.